The highest BCUT2D eigenvalue weighted by molar-refractivity contribution is 6.32. The third-order valence-electron chi connectivity index (χ3n) is 6.31. The molecule has 1 fully saturated rings. The molecule has 1 N–H and O–H groups in total. The van der Waals surface area contributed by atoms with Gasteiger partial charge < -0.3 is 14.4 Å². The number of hydrogen-bond donors (Lipinski definition) is 1. The number of nitrogens with zero attached hydrogens (tertiary/aromatic N) is 1. The molecule has 0 radical (unpaired) electrons. The average molecular weight is 413 g/mol. The number of fused-ring (bicyclic) bond motifs is 5. The lowest BCUT2D eigenvalue weighted by Gasteiger charge is -2.37. The van der Waals surface area contributed by atoms with Gasteiger partial charge in [-0.05, 0) is 18.6 Å². The Hall–Kier alpha value is -3.51. The van der Waals surface area contributed by atoms with Crippen molar-refractivity contribution in [2.75, 3.05) is 26.3 Å². The van der Waals surface area contributed by atoms with Gasteiger partial charge in [0.05, 0.1) is 13.2 Å². The fourth-order valence-electron chi connectivity index (χ4n) is 4.79. The second kappa shape index (κ2) is 6.75. The van der Waals surface area contributed by atoms with Crippen LogP contribution in [0.1, 0.15) is 26.3 Å². The van der Waals surface area contributed by atoms with Gasteiger partial charge in [-0.3, -0.25) is 9.59 Å². The quantitative estimate of drug-likeness (QED) is 0.771. The summed E-state index contributed by atoms with van der Waals surface area (Å²) in [4.78, 5) is 32.8. The molecule has 0 bridgehead atoms. The predicted molar refractivity (Wildman–Crippen MR) is 114 cm³/mol. The van der Waals surface area contributed by atoms with Crippen molar-refractivity contribution in [2.24, 2.45) is 5.92 Å². The molecule has 2 aromatic carbocycles. The minimum absolute atomic E-state index is 0.0804. The van der Waals surface area contributed by atoms with Gasteiger partial charge in [0.25, 0.3) is 0 Å². The molecule has 2 heterocycles. The summed E-state index contributed by atoms with van der Waals surface area (Å²) in [6.07, 6.45) is 1.91. The highest BCUT2D eigenvalue weighted by Crippen LogP contribution is 2.40. The molecular formula is C25H21N2O4+. The van der Waals surface area contributed by atoms with Crippen molar-refractivity contribution in [2.45, 2.75) is 6.92 Å². The third kappa shape index (κ3) is 2.72. The number of ether oxygens (including phenoxy) is 2. The molecule has 0 amide bonds. The third-order valence-corrected chi connectivity index (χ3v) is 6.31. The second-order valence-corrected chi connectivity index (χ2v) is 8.22. The second-order valence-electron chi connectivity index (χ2n) is 8.22. The Labute approximate surface area is 179 Å². The fraction of sp³-hybridized carbons (Fsp3) is 0.240. The van der Waals surface area contributed by atoms with Gasteiger partial charge in [-0.2, -0.15) is 0 Å². The van der Waals surface area contributed by atoms with Crippen molar-refractivity contribution in [3.8, 4) is 5.75 Å². The topological polar surface area (TPSA) is 69.8 Å². The summed E-state index contributed by atoms with van der Waals surface area (Å²) >= 11 is 0. The van der Waals surface area contributed by atoms with E-state index in [2.05, 4.69) is 9.89 Å². The van der Waals surface area contributed by atoms with Gasteiger partial charge in [0.1, 0.15) is 5.92 Å². The van der Waals surface area contributed by atoms with Crippen LogP contribution >= 0.6 is 0 Å². The Kier molecular flexibility index (Phi) is 3.98. The lowest BCUT2D eigenvalue weighted by molar-refractivity contribution is -0.361. The summed E-state index contributed by atoms with van der Waals surface area (Å²) in [5.74, 6) is 0.419. The van der Waals surface area contributed by atoms with E-state index in [0.717, 1.165) is 22.7 Å². The van der Waals surface area contributed by atoms with Gasteiger partial charge in [-0.1, -0.05) is 30.3 Å². The minimum atomic E-state index is -0.713. The number of hydrogen-bond acceptors (Lipinski definition) is 5. The van der Waals surface area contributed by atoms with Crippen LogP contribution in [0.4, 0.5) is 5.69 Å². The molecule has 0 saturated carbocycles. The number of carbonyl (C=O) groups is 2. The first-order valence-corrected chi connectivity index (χ1v) is 10.5. The van der Waals surface area contributed by atoms with E-state index in [9.17, 15) is 9.59 Å². The molecule has 6 rings (SSSR count). The van der Waals surface area contributed by atoms with Crippen molar-refractivity contribution in [1.82, 2.24) is 4.90 Å². The number of ketones is 2. The molecule has 6 nitrogen and oxygen atoms in total. The number of allylic oxidation sites excluding steroid dienone is 3. The molecule has 4 aliphatic rings. The van der Waals surface area contributed by atoms with Crippen LogP contribution in [0.15, 0.2) is 65.6 Å². The summed E-state index contributed by atoms with van der Waals surface area (Å²) in [5.41, 5.74) is 4.74. The number of Topliss-reactive ketones (excluding diaryl/α,β-unsaturated/α-hetero) is 2. The normalized spacial score (nSPS) is 22.0. The largest absolute Gasteiger partial charge is 0.444 e. The van der Waals surface area contributed by atoms with Gasteiger partial charge in [0, 0.05) is 47.6 Å². The molecule has 31 heavy (non-hydrogen) atoms. The first kappa shape index (κ1) is 18.3. The minimum Gasteiger partial charge on any atom is -0.444 e. The van der Waals surface area contributed by atoms with E-state index >= 15 is 0 Å². The van der Waals surface area contributed by atoms with Crippen LogP contribution in [0.5, 0.6) is 5.75 Å². The van der Waals surface area contributed by atoms with Crippen molar-refractivity contribution in [3.05, 3.63) is 82.3 Å². The molecule has 2 aromatic rings. The van der Waals surface area contributed by atoms with Crippen molar-refractivity contribution in [1.29, 1.82) is 0 Å². The van der Waals surface area contributed by atoms with Gasteiger partial charge in [0.2, 0.25) is 11.4 Å². The van der Waals surface area contributed by atoms with E-state index in [0.29, 0.717) is 54.5 Å². The van der Waals surface area contributed by atoms with Crippen molar-refractivity contribution >= 4 is 23.0 Å². The zero-order chi connectivity index (χ0) is 21.1. The van der Waals surface area contributed by atoms with Crippen LogP contribution in [0.2, 0.25) is 0 Å². The maximum atomic E-state index is 13.7. The molecular weight excluding hydrogens is 392 g/mol. The van der Waals surface area contributed by atoms with E-state index in [1.165, 1.54) is 0 Å². The molecule has 6 heteroatoms. The molecule has 2 aliphatic heterocycles. The zero-order valence-corrected chi connectivity index (χ0v) is 17.1. The molecule has 2 aliphatic carbocycles. The molecule has 0 spiro atoms. The van der Waals surface area contributed by atoms with Crippen molar-refractivity contribution in [3.63, 3.8) is 0 Å². The van der Waals surface area contributed by atoms with Crippen LogP contribution in [0.3, 0.4) is 0 Å². The summed E-state index contributed by atoms with van der Waals surface area (Å²) in [6.45, 7) is 4.51. The number of benzene rings is 2. The van der Waals surface area contributed by atoms with E-state index in [-0.39, 0.29) is 11.6 Å². The number of carbonyl (C=O) groups excluding carboxylic acids is 2. The fourth-order valence-corrected chi connectivity index (χ4v) is 4.79. The van der Waals surface area contributed by atoms with Crippen LogP contribution < -0.4 is 9.73 Å². The number of morpholine rings is 1. The standard InChI is InChI=1S/C25H20N2O4/c1-14-6-7-17-19(12-14)31-20-13-18(27-8-10-30-11-9-27)21-22(23(20)26-17)25(29)16-5-3-2-4-15(16)24(21)28/h2-7,12-13,22H,8-11H2,1H3/p+1. The van der Waals surface area contributed by atoms with Gasteiger partial charge in [-0.25, -0.2) is 4.99 Å². The predicted octanol–water partition coefficient (Wildman–Crippen LogP) is 1.72. The number of nitrogens with one attached hydrogen (secondary N) is 1. The number of aryl methyl sites for hydroxylation is 1. The van der Waals surface area contributed by atoms with Crippen LogP contribution in [-0.2, 0) is 4.74 Å². The van der Waals surface area contributed by atoms with E-state index in [1.807, 2.05) is 31.2 Å². The Morgan fingerprint density at radius 2 is 1.81 bits per heavy atom. The van der Waals surface area contributed by atoms with Crippen molar-refractivity contribution < 1.29 is 24.1 Å². The molecule has 1 saturated heterocycles. The Morgan fingerprint density at radius 3 is 2.61 bits per heavy atom. The van der Waals surface area contributed by atoms with E-state index in [1.54, 1.807) is 24.3 Å². The highest BCUT2D eigenvalue weighted by atomic mass is 16.5. The summed E-state index contributed by atoms with van der Waals surface area (Å²) < 4.78 is 11.8. The lowest BCUT2D eigenvalue weighted by Crippen LogP contribution is -2.72. The highest BCUT2D eigenvalue weighted by Gasteiger charge is 2.50. The monoisotopic (exact) mass is 413 g/mol. The van der Waals surface area contributed by atoms with E-state index in [4.69, 9.17) is 9.47 Å². The summed E-state index contributed by atoms with van der Waals surface area (Å²) in [5, 5.41) is 0. The maximum absolute atomic E-state index is 13.7. The Morgan fingerprint density at radius 1 is 1.03 bits per heavy atom. The van der Waals surface area contributed by atoms with E-state index < -0.39 is 5.92 Å². The molecule has 154 valence electrons. The molecule has 1 atom stereocenters. The summed E-state index contributed by atoms with van der Waals surface area (Å²) in [7, 11) is 0. The lowest BCUT2D eigenvalue weighted by atomic mass is 9.72. The van der Waals surface area contributed by atoms with Gasteiger partial charge >= 0.3 is 0 Å². The zero-order valence-electron chi connectivity index (χ0n) is 17.1. The average Bonchev–Trinajstić information content (AvgIpc) is 2.80. The Bertz CT molecular complexity index is 1250. The summed E-state index contributed by atoms with van der Waals surface area (Å²) in [6, 6.07) is 13.0. The Balaban J connectivity index is 1.59. The van der Waals surface area contributed by atoms with Crippen LogP contribution in [0.25, 0.3) is 0 Å². The molecule has 0 aromatic heterocycles. The van der Waals surface area contributed by atoms with Crippen LogP contribution in [0, 0.1) is 12.8 Å². The van der Waals surface area contributed by atoms with Gasteiger partial charge in [0.15, 0.2) is 23.1 Å². The SMILES string of the molecule is Cc1ccc2c(c1)OC1=CC(N3CCOCC3)=C3C(=O)c4ccccc4C(=O)C3C1=[NH+]2. The smallest absolute Gasteiger partial charge is 0.246 e. The van der Waals surface area contributed by atoms with Gasteiger partial charge in [-0.15, -0.1) is 0 Å². The first-order valence-electron chi connectivity index (χ1n) is 10.5. The number of rotatable bonds is 1. The molecule has 1 unspecified atom stereocenters. The van der Waals surface area contributed by atoms with Crippen LogP contribution in [-0.4, -0.2) is 48.5 Å². The first-order chi connectivity index (χ1) is 15.1. The maximum Gasteiger partial charge on any atom is 0.246 e.